The molecule has 3 rings (SSSR count). The van der Waals surface area contributed by atoms with Crippen molar-refractivity contribution in [3.05, 3.63) is 53.6 Å². The Hall–Kier alpha value is -1.61. The van der Waals surface area contributed by atoms with E-state index in [1.165, 1.54) is 23.4 Å². The number of nitrogens with one attached hydrogen (secondary N) is 1. The third kappa shape index (κ3) is 2.75. The van der Waals surface area contributed by atoms with Gasteiger partial charge in [0.15, 0.2) is 0 Å². The Balaban J connectivity index is 1.96. The van der Waals surface area contributed by atoms with Gasteiger partial charge in [0.1, 0.15) is 5.82 Å². The molecule has 3 nitrogen and oxygen atoms in total. The predicted molar refractivity (Wildman–Crippen MR) is 86.4 cm³/mol. The lowest BCUT2D eigenvalue weighted by atomic mass is 9.83. The first-order chi connectivity index (χ1) is 10.3. The monoisotopic (exact) mass is 283 g/mol. The van der Waals surface area contributed by atoms with E-state index in [9.17, 15) is 0 Å². The molecule has 112 valence electrons. The Labute approximate surface area is 127 Å². The Morgan fingerprint density at radius 3 is 2.95 bits per heavy atom. The van der Waals surface area contributed by atoms with Crippen LogP contribution in [0.4, 0.5) is 0 Å². The maximum absolute atomic E-state index is 4.52. The second-order valence-corrected chi connectivity index (χ2v) is 5.84. The van der Waals surface area contributed by atoms with Crippen molar-refractivity contribution < 1.29 is 0 Å². The minimum Gasteiger partial charge on any atom is -0.330 e. The Morgan fingerprint density at radius 1 is 1.29 bits per heavy atom. The van der Waals surface area contributed by atoms with Gasteiger partial charge in [0.2, 0.25) is 0 Å². The van der Waals surface area contributed by atoms with Crippen LogP contribution < -0.4 is 5.32 Å². The topological polar surface area (TPSA) is 29.9 Å². The molecule has 0 saturated heterocycles. The number of aromatic nitrogens is 2. The van der Waals surface area contributed by atoms with Crippen molar-refractivity contribution >= 4 is 0 Å². The van der Waals surface area contributed by atoms with Crippen molar-refractivity contribution in [2.24, 2.45) is 0 Å². The van der Waals surface area contributed by atoms with Gasteiger partial charge in [-0.3, -0.25) is 0 Å². The van der Waals surface area contributed by atoms with E-state index in [-0.39, 0.29) is 0 Å². The van der Waals surface area contributed by atoms with E-state index in [1.807, 2.05) is 6.20 Å². The van der Waals surface area contributed by atoms with E-state index in [0.29, 0.717) is 12.1 Å². The first-order valence-electron chi connectivity index (χ1n) is 8.18. The van der Waals surface area contributed by atoms with E-state index in [4.69, 9.17) is 0 Å². The average molecular weight is 283 g/mol. The lowest BCUT2D eigenvalue weighted by Gasteiger charge is -2.36. The minimum atomic E-state index is 0.398. The van der Waals surface area contributed by atoms with E-state index in [1.54, 1.807) is 0 Å². The summed E-state index contributed by atoms with van der Waals surface area (Å²) in [6.07, 6.45) is 8.59. The van der Waals surface area contributed by atoms with Gasteiger partial charge < -0.3 is 9.88 Å². The molecule has 1 heterocycles. The Morgan fingerprint density at radius 2 is 2.14 bits per heavy atom. The highest BCUT2D eigenvalue weighted by Gasteiger charge is 2.30. The predicted octanol–water partition coefficient (Wildman–Crippen LogP) is 3.67. The first-order valence-corrected chi connectivity index (χ1v) is 8.18. The molecule has 1 N–H and O–H groups in total. The summed E-state index contributed by atoms with van der Waals surface area (Å²) in [5.41, 5.74) is 2.97. The highest BCUT2D eigenvalue weighted by molar-refractivity contribution is 5.33. The van der Waals surface area contributed by atoms with Crippen LogP contribution in [-0.2, 0) is 12.8 Å². The number of benzene rings is 1. The van der Waals surface area contributed by atoms with Crippen molar-refractivity contribution in [1.29, 1.82) is 0 Å². The molecule has 0 spiro atoms. The van der Waals surface area contributed by atoms with Gasteiger partial charge in [0.05, 0.1) is 12.1 Å². The molecule has 2 atom stereocenters. The van der Waals surface area contributed by atoms with Crippen LogP contribution in [-0.4, -0.2) is 16.1 Å². The average Bonchev–Trinajstić information content (AvgIpc) is 3.00. The maximum Gasteiger partial charge on any atom is 0.108 e. The second kappa shape index (κ2) is 6.44. The molecular formula is C18H25N3. The van der Waals surface area contributed by atoms with Crippen LogP contribution in [0.5, 0.6) is 0 Å². The van der Waals surface area contributed by atoms with E-state index < -0.39 is 0 Å². The van der Waals surface area contributed by atoms with Crippen LogP contribution in [0.3, 0.4) is 0 Å². The molecule has 1 aromatic heterocycles. The van der Waals surface area contributed by atoms with Crippen LogP contribution in [0, 0.1) is 0 Å². The molecule has 0 saturated carbocycles. The highest BCUT2D eigenvalue weighted by Crippen LogP contribution is 2.38. The Kier molecular flexibility index (Phi) is 4.39. The van der Waals surface area contributed by atoms with Gasteiger partial charge in [0.25, 0.3) is 0 Å². The molecule has 0 amide bonds. The van der Waals surface area contributed by atoms with E-state index in [0.717, 1.165) is 25.8 Å². The fraction of sp³-hybridized carbons (Fsp3) is 0.500. The molecular weight excluding hydrogens is 258 g/mol. The number of nitrogens with zero attached hydrogens (tertiary/aromatic N) is 2. The number of rotatable bonds is 5. The summed E-state index contributed by atoms with van der Waals surface area (Å²) in [4.78, 5) is 4.52. The van der Waals surface area contributed by atoms with Crippen LogP contribution >= 0.6 is 0 Å². The van der Waals surface area contributed by atoms with Gasteiger partial charge >= 0.3 is 0 Å². The van der Waals surface area contributed by atoms with Gasteiger partial charge in [-0.25, -0.2) is 4.98 Å². The number of hydrogen-bond donors (Lipinski definition) is 1. The van der Waals surface area contributed by atoms with Gasteiger partial charge in [-0.15, -0.1) is 0 Å². The van der Waals surface area contributed by atoms with Gasteiger partial charge in [-0.1, -0.05) is 38.1 Å². The summed E-state index contributed by atoms with van der Waals surface area (Å²) < 4.78 is 2.39. The molecule has 1 aromatic carbocycles. The third-order valence-electron chi connectivity index (χ3n) is 4.52. The van der Waals surface area contributed by atoms with Crippen molar-refractivity contribution in [2.45, 2.75) is 51.6 Å². The Bertz CT molecular complexity index is 588. The summed E-state index contributed by atoms with van der Waals surface area (Å²) in [5.74, 6) is 1.20. The van der Waals surface area contributed by atoms with Gasteiger partial charge in [-0.05, 0) is 36.9 Å². The molecule has 1 aliphatic rings. The third-order valence-corrected chi connectivity index (χ3v) is 4.52. The largest absolute Gasteiger partial charge is 0.330 e. The number of fused-ring (bicyclic) bond motifs is 1. The van der Waals surface area contributed by atoms with Crippen molar-refractivity contribution in [1.82, 2.24) is 14.9 Å². The van der Waals surface area contributed by atoms with Crippen molar-refractivity contribution in [3.63, 3.8) is 0 Å². The van der Waals surface area contributed by atoms with Gasteiger partial charge in [0, 0.05) is 18.8 Å². The number of hydrogen-bond acceptors (Lipinski definition) is 2. The van der Waals surface area contributed by atoms with Gasteiger partial charge in [-0.2, -0.15) is 0 Å². The zero-order valence-corrected chi connectivity index (χ0v) is 13.0. The van der Waals surface area contributed by atoms with E-state index >= 15 is 0 Å². The molecule has 0 bridgehead atoms. The first kappa shape index (κ1) is 14.3. The van der Waals surface area contributed by atoms with Crippen molar-refractivity contribution in [3.8, 4) is 0 Å². The summed E-state index contributed by atoms with van der Waals surface area (Å²) in [5, 5.41) is 3.77. The lowest BCUT2D eigenvalue weighted by Crippen LogP contribution is -2.35. The normalized spacial score (nSPS) is 21.2. The summed E-state index contributed by atoms with van der Waals surface area (Å²) in [6, 6.07) is 9.76. The summed E-state index contributed by atoms with van der Waals surface area (Å²) >= 11 is 0. The fourth-order valence-corrected chi connectivity index (χ4v) is 3.51. The SMILES string of the molecule is CCCNC1c2ccccc2CCC1n1ccnc1CC. The quantitative estimate of drug-likeness (QED) is 0.907. The van der Waals surface area contributed by atoms with Crippen LogP contribution in [0.1, 0.15) is 55.7 Å². The standard InChI is InChI=1S/C18H25N3/c1-3-11-20-18-15-8-6-5-7-14(15)9-10-16(18)21-13-12-19-17(21)4-2/h5-8,12-13,16,18,20H,3-4,9-11H2,1-2H3. The fourth-order valence-electron chi connectivity index (χ4n) is 3.51. The zero-order chi connectivity index (χ0) is 14.7. The van der Waals surface area contributed by atoms with Crippen LogP contribution in [0.25, 0.3) is 0 Å². The van der Waals surface area contributed by atoms with Crippen molar-refractivity contribution in [2.75, 3.05) is 6.54 Å². The highest BCUT2D eigenvalue weighted by atomic mass is 15.1. The molecule has 0 fully saturated rings. The molecule has 2 unspecified atom stereocenters. The minimum absolute atomic E-state index is 0.398. The summed E-state index contributed by atoms with van der Waals surface area (Å²) in [6.45, 7) is 5.47. The molecule has 21 heavy (non-hydrogen) atoms. The zero-order valence-electron chi connectivity index (χ0n) is 13.0. The number of aryl methyl sites for hydroxylation is 2. The van der Waals surface area contributed by atoms with E-state index in [2.05, 4.69) is 59.2 Å². The van der Waals surface area contributed by atoms with Crippen LogP contribution in [0.2, 0.25) is 0 Å². The smallest absolute Gasteiger partial charge is 0.108 e. The summed E-state index contributed by atoms with van der Waals surface area (Å²) in [7, 11) is 0. The molecule has 3 heteroatoms. The van der Waals surface area contributed by atoms with Crippen LogP contribution in [0.15, 0.2) is 36.7 Å². The maximum atomic E-state index is 4.52. The molecule has 2 aromatic rings. The molecule has 0 radical (unpaired) electrons. The molecule has 0 aliphatic heterocycles. The lowest BCUT2D eigenvalue weighted by molar-refractivity contribution is 0.312. The number of imidazole rings is 1. The molecule has 1 aliphatic carbocycles. The second-order valence-electron chi connectivity index (χ2n) is 5.84.